The molecule has 0 amide bonds. The third-order valence-corrected chi connectivity index (χ3v) is 3.91. The summed E-state index contributed by atoms with van der Waals surface area (Å²) < 4.78 is 44.3. The molecule has 1 saturated heterocycles. The number of ether oxygens (including phenoxy) is 1. The molecule has 1 aliphatic heterocycles. The molecule has 0 bridgehead atoms. The predicted molar refractivity (Wildman–Crippen MR) is 80.2 cm³/mol. The van der Waals surface area contributed by atoms with Gasteiger partial charge in [-0.25, -0.2) is 0 Å². The van der Waals surface area contributed by atoms with Crippen molar-refractivity contribution < 1.29 is 17.9 Å². The molecule has 1 heterocycles. The number of likely N-dealkylation sites (N-methyl/N-ethyl adjacent to an activating group) is 1. The molecule has 1 aromatic carbocycles. The van der Waals surface area contributed by atoms with Gasteiger partial charge in [0.05, 0.1) is 12.2 Å². The molecule has 1 aliphatic rings. The molecular weight excluding hydrogens is 293 g/mol. The molecule has 0 aromatic heterocycles. The highest BCUT2D eigenvalue weighted by atomic mass is 19.4. The maximum Gasteiger partial charge on any atom is 0.419 e. The van der Waals surface area contributed by atoms with Crippen LogP contribution in [0.15, 0.2) is 18.2 Å². The van der Waals surface area contributed by atoms with E-state index in [9.17, 15) is 13.2 Å². The van der Waals surface area contributed by atoms with Crippen molar-refractivity contribution in [2.75, 3.05) is 46.4 Å². The lowest BCUT2D eigenvalue weighted by Gasteiger charge is -2.32. The van der Waals surface area contributed by atoms with Gasteiger partial charge in [0, 0.05) is 32.7 Å². The number of hydrogen-bond acceptors (Lipinski definition) is 3. The molecule has 0 unspecified atom stereocenters. The van der Waals surface area contributed by atoms with E-state index in [-0.39, 0.29) is 5.75 Å². The molecule has 22 heavy (non-hydrogen) atoms. The van der Waals surface area contributed by atoms with Crippen molar-refractivity contribution >= 4 is 0 Å². The number of piperazine rings is 1. The Balaban J connectivity index is 1.82. The van der Waals surface area contributed by atoms with E-state index in [0.717, 1.165) is 45.2 Å². The normalized spacial score (nSPS) is 17.7. The molecule has 0 N–H and O–H groups in total. The van der Waals surface area contributed by atoms with Gasteiger partial charge < -0.3 is 14.5 Å². The van der Waals surface area contributed by atoms with Crippen LogP contribution in [-0.2, 0) is 6.18 Å². The van der Waals surface area contributed by atoms with Crippen LogP contribution >= 0.6 is 0 Å². The zero-order valence-corrected chi connectivity index (χ0v) is 13.1. The SMILES string of the molecule is Cc1ccc(OCCCN2CCN(C)CC2)c(C(F)(F)F)c1. The first kappa shape index (κ1) is 17.1. The molecule has 0 atom stereocenters. The first-order valence-corrected chi connectivity index (χ1v) is 7.58. The van der Waals surface area contributed by atoms with E-state index < -0.39 is 11.7 Å². The number of benzene rings is 1. The monoisotopic (exact) mass is 316 g/mol. The Hall–Kier alpha value is -1.27. The van der Waals surface area contributed by atoms with Crippen LogP contribution in [0.1, 0.15) is 17.5 Å². The average molecular weight is 316 g/mol. The van der Waals surface area contributed by atoms with Crippen molar-refractivity contribution in [2.24, 2.45) is 0 Å². The summed E-state index contributed by atoms with van der Waals surface area (Å²) in [4.78, 5) is 4.60. The Labute approximate surface area is 129 Å². The maximum atomic E-state index is 13.0. The first-order valence-electron chi connectivity index (χ1n) is 7.58. The van der Waals surface area contributed by atoms with Gasteiger partial charge in [0.1, 0.15) is 5.75 Å². The molecule has 0 radical (unpaired) electrons. The maximum absolute atomic E-state index is 13.0. The van der Waals surface area contributed by atoms with Gasteiger partial charge in [-0.3, -0.25) is 0 Å². The number of hydrogen-bond donors (Lipinski definition) is 0. The lowest BCUT2D eigenvalue weighted by atomic mass is 10.1. The summed E-state index contributed by atoms with van der Waals surface area (Å²) in [5.41, 5.74) is -0.107. The van der Waals surface area contributed by atoms with Gasteiger partial charge in [-0.15, -0.1) is 0 Å². The zero-order chi connectivity index (χ0) is 16.2. The molecular formula is C16H23F3N2O. The van der Waals surface area contributed by atoms with Crippen molar-refractivity contribution in [1.82, 2.24) is 9.80 Å². The molecule has 2 rings (SSSR count). The fraction of sp³-hybridized carbons (Fsp3) is 0.625. The fourth-order valence-corrected chi connectivity index (χ4v) is 2.53. The zero-order valence-electron chi connectivity index (χ0n) is 13.1. The highest BCUT2D eigenvalue weighted by Crippen LogP contribution is 2.36. The first-order chi connectivity index (χ1) is 10.4. The van der Waals surface area contributed by atoms with Crippen molar-refractivity contribution in [3.63, 3.8) is 0 Å². The molecule has 6 heteroatoms. The highest BCUT2D eigenvalue weighted by Gasteiger charge is 2.34. The molecule has 0 saturated carbocycles. The van der Waals surface area contributed by atoms with E-state index in [1.807, 2.05) is 0 Å². The number of nitrogens with zero attached hydrogens (tertiary/aromatic N) is 2. The van der Waals surface area contributed by atoms with Gasteiger partial charge in [0.2, 0.25) is 0 Å². The second-order valence-electron chi connectivity index (χ2n) is 5.84. The summed E-state index contributed by atoms with van der Waals surface area (Å²) in [6.45, 7) is 6.91. The van der Waals surface area contributed by atoms with Gasteiger partial charge in [-0.2, -0.15) is 13.2 Å². The third-order valence-electron chi connectivity index (χ3n) is 3.91. The Morgan fingerprint density at radius 3 is 2.45 bits per heavy atom. The molecule has 124 valence electrons. The van der Waals surface area contributed by atoms with Crippen LogP contribution in [0.5, 0.6) is 5.75 Å². The molecule has 0 aliphatic carbocycles. The van der Waals surface area contributed by atoms with Crippen LogP contribution in [0.25, 0.3) is 0 Å². The fourth-order valence-electron chi connectivity index (χ4n) is 2.53. The van der Waals surface area contributed by atoms with Crippen LogP contribution in [0, 0.1) is 6.92 Å². The minimum Gasteiger partial charge on any atom is -0.493 e. The molecule has 1 fully saturated rings. The summed E-state index contributed by atoms with van der Waals surface area (Å²) in [5.74, 6) is -0.0727. The van der Waals surface area contributed by atoms with E-state index in [0.29, 0.717) is 12.2 Å². The van der Waals surface area contributed by atoms with E-state index >= 15 is 0 Å². The molecule has 1 aromatic rings. The number of rotatable bonds is 5. The van der Waals surface area contributed by atoms with Crippen molar-refractivity contribution in [1.29, 1.82) is 0 Å². The van der Waals surface area contributed by atoms with E-state index in [2.05, 4.69) is 16.8 Å². The van der Waals surface area contributed by atoms with Crippen molar-refractivity contribution in [3.8, 4) is 5.75 Å². The Bertz CT molecular complexity index is 483. The second kappa shape index (κ2) is 7.33. The quantitative estimate of drug-likeness (QED) is 0.777. The van der Waals surface area contributed by atoms with E-state index in [1.165, 1.54) is 6.07 Å². The molecule has 0 spiro atoms. The summed E-state index contributed by atoms with van der Waals surface area (Å²) in [7, 11) is 2.09. The Morgan fingerprint density at radius 1 is 1.14 bits per heavy atom. The van der Waals surface area contributed by atoms with Crippen molar-refractivity contribution in [2.45, 2.75) is 19.5 Å². The number of alkyl halides is 3. The van der Waals surface area contributed by atoms with Gasteiger partial charge in [-0.05, 0) is 32.5 Å². The summed E-state index contributed by atoms with van der Waals surface area (Å²) in [5, 5.41) is 0. The third kappa shape index (κ3) is 4.88. The van der Waals surface area contributed by atoms with E-state index in [4.69, 9.17) is 4.74 Å². The van der Waals surface area contributed by atoms with Crippen LogP contribution in [0.2, 0.25) is 0 Å². The van der Waals surface area contributed by atoms with Gasteiger partial charge >= 0.3 is 6.18 Å². The number of aryl methyl sites for hydroxylation is 1. The number of halogens is 3. The lowest BCUT2D eigenvalue weighted by Crippen LogP contribution is -2.44. The van der Waals surface area contributed by atoms with Crippen molar-refractivity contribution in [3.05, 3.63) is 29.3 Å². The largest absolute Gasteiger partial charge is 0.493 e. The standard InChI is InChI=1S/C16H23F3N2O/c1-13-4-5-15(14(12-13)16(17,18)19)22-11-3-6-21-9-7-20(2)8-10-21/h4-5,12H,3,6-11H2,1-2H3. The summed E-state index contributed by atoms with van der Waals surface area (Å²) >= 11 is 0. The lowest BCUT2D eigenvalue weighted by molar-refractivity contribution is -0.139. The van der Waals surface area contributed by atoms with Crippen LogP contribution in [0.4, 0.5) is 13.2 Å². The van der Waals surface area contributed by atoms with Gasteiger partial charge in [0.15, 0.2) is 0 Å². The van der Waals surface area contributed by atoms with Gasteiger partial charge in [-0.1, -0.05) is 11.6 Å². The Kier molecular flexibility index (Phi) is 5.69. The van der Waals surface area contributed by atoms with Gasteiger partial charge in [0.25, 0.3) is 0 Å². The van der Waals surface area contributed by atoms with Crippen LogP contribution in [-0.4, -0.2) is 56.2 Å². The predicted octanol–water partition coefficient (Wildman–Crippen LogP) is 3.03. The second-order valence-corrected chi connectivity index (χ2v) is 5.84. The average Bonchev–Trinajstić information content (AvgIpc) is 2.45. The highest BCUT2D eigenvalue weighted by molar-refractivity contribution is 5.38. The minimum atomic E-state index is -4.38. The smallest absolute Gasteiger partial charge is 0.419 e. The Morgan fingerprint density at radius 2 is 1.82 bits per heavy atom. The minimum absolute atomic E-state index is 0.0727. The topological polar surface area (TPSA) is 15.7 Å². The summed E-state index contributed by atoms with van der Waals surface area (Å²) in [6, 6.07) is 4.19. The van der Waals surface area contributed by atoms with Crippen LogP contribution < -0.4 is 4.74 Å². The molecule has 3 nitrogen and oxygen atoms in total. The van der Waals surface area contributed by atoms with E-state index in [1.54, 1.807) is 13.0 Å². The van der Waals surface area contributed by atoms with Crippen LogP contribution in [0.3, 0.4) is 0 Å². The summed E-state index contributed by atoms with van der Waals surface area (Å²) in [6.07, 6.45) is -3.65.